The molecule has 0 spiro atoms. The number of aliphatic carboxylic acids is 1. The fourth-order valence-corrected chi connectivity index (χ4v) is 2.31. The lowest BCUT2D eigenvalue weighted by Gasteiger charge is -2.36. The predicted molar refractivity (Wildman–Crippen MR) is 70.4 cm³/mol. The van der Waals surface area contributed by atoms with Crippen molar-refractivity contribution >= 4 is 5.97 Å². The molecule has 1 saturated heterocycles. The van der Waals surface area contributed by atoms with Gasteiger partial charge in [0.25, 0.3) is 0 Å². The van der Waals surface area contributed by atoms with Gasteiger partial charge in [-0.15, -0.1) is 0 Å². The van der Waals surface area contributed by atoms with Gasteiger partial charge in [0, 0.05) is 32.7 Å². The smallest absolute Gasteiger partial charge is 0.320 e. The third-order valence-electron chi connectivity index (χ3n) is 3.56. The average molecular weight is 248 g/mol. The summed E-state index contributed by atoms with van der Waals surface area (Å²) >= 11 is 0. The summed E-state index contributed by atoms with van der Waals surface area (Å²) in [6, 6.07) is 10.0. The van der Waals surface area contributed by atoms with E-state index in [9.17, 15) is 4.79 Å². The van der Waals surface area contributed by atoms with Crippen molar-refractivity contribution in [3.8, 4) is 0 Å². The van der Waals surface area contributed by atoms with E-state index in [1.165, 1.54) is 5.56 Å². The Balaban J connectivity index is 1.82. The van der Waals surface area contributed by atoms with E-state index in [1.807, 2.05) is 11.0 Å². The standard InChI is InChI=1S/C14H20N2O2/c1-12(14(17)18)16-9-7-15(8-10-16)11-13-5-3-2-4-6-13/h2-6,12H,7-11H2,1H3,(H,17,18)/t12-/m0/s1. The second-order valence-corrected chi connectivity index (χ2v) is 4.81. The minimum absolute atomic E-state index is 0.371. The van der Waals surface area contributed by atoms with Gasteiger partial charge in [0.15, 0.2) is 0 Å². The maximum atomic E-state index is 10.9. The molecule has 1 aliphatic heterocycles. The average Bonchev–Trinajstić information content (AvgIpc) is 2.40. The molecule has 0 aromatic heterocycles. The number of carboxylic acid groups (broad SMARTS) is 1. The van der Waals surface area contributed by atoms with Crippen LogP contribution in [0.3, 0.4) is 0 Å². The number of carboxylic acids is 1. The Morgan fingerprint density at radius 1 is 1.22 bits per heavy atom. The third kappa shape index (κ3) is 3.31. The fourth-order valence-electron chi connectivity index (χ4n) is 2.31. The van der Waals surface area contributed by atoms with Crippen LogP contribution in [0.1, 0.15) is 12.5 Å². The van der Waals surface area contributed by atoms with Crippen molar-refractivity contribution in [1.29, 1.82) is 0 Å². The molecule has 0 unspecified atom stereocenters. The number of piperazine rings is 1. The van der Waals surface area contributed by atoms with Gasteiger partial charge in [-0.3, -0.25) is 14.6 Å². The maximum Gasteiger partial charge on any atom is 0.320 e. The van der Waals surface area contributed by atoms with E-state index < -0.39 is 5.97 Å². The lowest BCUT2D eigenvalue weighted by Crippen LogP contribution is -2.51. The zero-order chi connectivity index (χ0) is 13.0. The van der Waals surface area contributed by atoms with Crippen LogP contribution in [0.25, 0.3) is 0 Å². The summed E-state index contributed by atoms with van der Waals surface area (Å²) < 4.78 is 0. The second kappa shape index (κ2) is 5.98. The SMILES string of the molecule is C[C@@H](C(=O)O)N1CCN(Cc2ccccc2)CC1. The van der Waals surface area contributed by atoms with Crippen LogP contribution < -0.4 is 0 Å². The molecule has 1 fully saturated rings. The first-order chi connectivity index (χ1) is 8.66. The zero-order valence-corrected chi connectivity index (χ0v) is 10.7. The van der Waals surface area contributed by atoms with Gasteiger partial charge < -0.3 is 5.11 Å². The van der Waals surface area contributed by atoms with Crippen LogP contribution in [0.5, 0.6) is 0 Å². The highest BCUT2D eigenvalue weighted by molar-refractivity contribution is 5.72. The molecular weight excluding hydrogens is 228 g/mol. The number of hydrogen-bond acceptors (Lipinski definition) is 3. The van der Waals surface area contributed by atoms with Crippen LogP contribution >= 0.6 is 0 Å². The van der Waals surface area contributed by atoms with Crippen LogP contribution in [0, 0.1) is 0 Å². The van der Waals surface area contributed by atoms with Gasteiger partial charge in [-0.05, 0) is 12.5 Å². The van der Waals surface area contributed by atoms with Gasteiger partial charge in [-0.2, -0.15) is 0 Å². The molecule has 4 nitrogen and oxygen atoms in total. The van der Waals surface area contributed by atoms with E-state index in [0.717, 1.165) is 32.7 Å². The Labute approximate surface area is 108 Å². The number of rotatable bonds is 4. The number of benzene rings is 1. The van der Waals surface area contributed by atoms with Crippen molar-refractivity contribution in [3.05, 3.63) is 35.9 Å². The number of nitrogens with zero attached hydrogens (tertiary/aromatic N) is 2. The molecule has 98 valence electrons. The summed E-state index contributed by atoms with van der Waals surface area (Å²) in [5, 5.41) is 8.98. The molecule has 0 amide bonds. The van der Waals surface area contributed by atoms with Crippen molar-refractivity contribution in [1.82, 2.24) is 9.80 Å². The molecule has 0 bridgehead atoms. The van der Waals surface area contributed by atoms with E-state index in [2.05, 4.69) is 29.2 Å². The topological polar surface area (TPSA) is 43.8 Å². The molecule has 1 N–H and O–H groups in total. The Morgan fingerprint density at radius 2 is 1.83 bits per heavy atom. The van der Waals surface area contributed by atoms with Gasteiger partial charge in [-0.1, -0.05) is 30.3 Å². The van der Waals surface area contributed by atoms with E-state index in [4.69, 9.17) is 5.11 Å². The summed E-state index contributed by atoms with van der Waals surface area (Å²) in [4.78, 5) is 15.3. The lowest BCUT2D eigenvalue weighted by atomic mass is 10.2. The van der Waals surface area contributed by atoms with Crippen LogP contribution in [-0.4, -0.2) is 53.1 Å². The van der Waals surface area contributed by atoms with E-state index >= 15 is 0 Å². The molecule has 1 heterocycles. The highest BCUT2D eigenvalue weighted by Crippen LogP contribution is 2.10. The van der Waals surface area contributed by atoms with Crippen molar-refractivity contribution in [2.45, 2.75) is 19.5 Å². The van der Waals surface area contributed by atoms with Crippen molar-refractivity contribution in [3.63, 3.8) is 0 Å². The first kappa shape index (κ1) is 13.1. The largest absolute Gasteiger partial charge is 0.480 e. The molecule has 0 saturated carbocycles. The summed E-state index contributed by atoms with van der Waals surface area (Å²) in [5.74, 6) is -0.730. The van der Waals surface area contributed by atoms with E-state index in [-0.39, 0.29) is 6.04 Å². The molecule has 2 rings (SSSR count). The number of hydrogen-bond donors (Lipinski definition) is 1. The molecule has 4 heteroatoms. The summed E-state index contributed by atoms with van der Waals surface area (Å²) in [5.41, 5.74) is 1.32. The third-order valence-corrected chi connectivity index (χ3v) is 3.56. The Bertz CT molecular complexity index is 386. The molecular formula is C14H20N2O2. The minimum Gasteiger partial charge on any atom is -0.480 e. The normalized spacial score (nSPS) is 19.6. The van der Waals surface area contributed by atoms with Crippen LogP contribution in [0.2, 0.25) is 0 Å². The van der Waals surface area contributed by atoms with Crippen LogP contribution in [0.4, 0.5) is 0 Å². The molecule has 1 aliphatic rings. The molecule has 1 aromatic rings. The number of carbonyl (C=O) groups is 1. The fraction of sp³-hybridized carbons (Fsp3) is 0.500. The molecule has 1 aromatic carbocycles. The highest BCUT2D eigenvalue weighted by Gasteiger charge is 2.24. The molecule has 1 atom stereocenters. The summed E-state index contributed by atoms with van der Waals surface area (Å²) in [6.07, 6.45) is 0. The van der Waals surface area contributed by atoms with Gasteiger partial charge in [0.2, 0.25) is 0 Å². The second-order valence-electron chi connectivity index (χ2n) is 4.81. The monoisotopic (exact) mass is 248 g/mol. The van der Waals surface area contributed by atoms with Gasteiger partial charge in [-0.25, -0.2) is 0 Å². The summed E-state index contributed by atoms with van der Waals surface area (Å²) in [6.45, 7) is 6.25. The maximum absolute atomic E-state index is 10.9. The van der Waals surface area contributed by atoms with Gasteiger partial charge in [0.1, 0.15) is 6.04 Å². The first-order valence-corrected chi connectivity index (χ1v) is 6.40. The lowest BCUT2D eigenvalue weighted by molar-refractivity contribution is -0.143. The summed E-state index contributed by atoms with van der Waals surface area (Å²) in [7, 11) is 0. The quantitative estimate of drug-likeness (QED) is 0.871. The van der Waals surface area contributed by atoms with E-state index in [1.54, 1.807) is 6.92 Å². The molecule has 18 heavy (non-hydrogen) atoms. The van der Waals surface area contributed by atoms with Crippen molar-refractivity contribution in [2.24, 2.45) is 0 Å². The van der Waals surface area contributed by atoms with Crippen molar-refractivity contribution < 1.29 is 9.90 Å². The highest BCUT2D eigenvalue weighted by atomic mass is 16.4. The van der Waals surface area contributed by atoms with Gasteiger partial charge in [0.05, 0.1) is 0 Å². The van der Waals surface area contributed by atoms with Crippen LogP contribution in [-0.2, 0) is 11.3 Å². The van der Waals surface area contributed by atoms with E-state index in [0.29, 0.717) is 0 Å². The molecule has 0 aliphatic carbocycles. The Morgan fingerprint density at radius 3 is 2.39 bits per heavy atom. The first-order valence-electron chi connectivity index (χ1n) is 6.40. The Kier molecular flexibility index (Phi) is 4.33. The zero-order valence-electron chi connectivity index (χ0n) is 10.7. The van der Waals surface area contributed by atoms with Gasteiger partial charge >= 0.3 is 5.97 Å². The van der Waals surface area contributed by atoms with Crippen LogP contribution in [0.15, 0.2) is 30.3 Å². The molecule has 0 radical (unpaired) electrons. The predicted octanol–water partition coefficient (Wildman–Crippen LogP) is 1.28. The Hall–Kier alpha value is -1.39. The minimum atomic E-state index is -0.730. The van der Waals surface area contributed by atoms with Crippen molar-refractivity contribution in [2.75, 3.05) is 26.2 Å².